The summed E-state index contributed by atoms with van der Waals surface area (Å²) in [5, 5.41) is 4.41. The number of allylic oxidation sites excluding steroid dienone is 7. The fraction of sp³-hybridized carbons (Fsp3) is 0.529. The van der Waals surface area contributed by atoms with Crippen molar-refractivity contribution in [3.63, 3.8) is 0 Å². The van der Waals surface area contributed by atoms with Gasteiger partial charge in [-0.2, -0.15) is 9.97 Å². The van der Waals surface area contributed by atoms with Crippen molar-refractivity contribution in [2.24, 2.45) is 11.8 Å². The summed E-state index contributed by atoms with van der Waals surface area (Å²) in [5.74, 6) is -0.353. The smallest absolute Gasteiger partial charge is 0.319 e. The molecule has 6 atom stereocenters. The molecular weight excluding hydrogens is 643 g/mol. The van der Waals surface area contributed by atoms with E-state index in [0.29, 0.717) is 53.2 Å². The molecule has 4 saturated heterocycles. The molecule has 250 valence electrons. The predicted molar refractivity (Wildman–Crippen MR) is 180 cm³/mol. The topological polar surface area (TPSA) is 109 Å². The van der Waals surface area contributed by atoms with Crippen LogP contribution in [0.3, 0.4) is 0 Å². The lowest BCUT2D eigenvalue weighted by Crippen LogP contribution is -2.51. The summed E-state index contributed by atoms with van der Waals surface area (Å²) in [7, 11) is -3.56. The molecule has 10 nitrogen and oxygen atoms in total. The van der Waals surface area contributed by atoms with Gasteiger partial charge in [-0.1, -0.05) is 42.0 Å². The van der Waals surface area contributed by atoms with Crippen molar-refractivity contribution >= 4 is 43.9 Å². The highest BCUT2D eigenvalue weighted by Gasteiger charge is 2.38. The zero-order chi connectivity index (χ0) is 32.3. The third kappa shape index (κ3) is 6.19. The maximum atomic E-state index is 17.0. The van der Waals surface area contributed by atoms with Gasteiger partial charge < -0.3 is 19.7 Å². The Hall–Kier alpha value is -3.03. The van der Waals surface area contributed by atoms with Crippen molar-refractivity contribution < 1.29 is 22.3 Å². The average molecular weight is 683 g/mol. The first-order chi connectivity index (χ1) is 22.7. The maximum absolute atomic E-state index is 17.0. The van der Waals surface area contributed by atoms with Gasteiger partial charge in [0.2, 0.25) is 10.0 Å². The number of morpholine rings is 1. The summed E-state index contributed by atoms with van der Waals surface area (Å²) in [6, 6.07) is 3.54. The zero-order valence-electron chi connectivity index (χ0n) is 26.4. The number of fused-ring (bicyclic) bond motifs is 6. The fourth-order valence-electron chi connectivity index (χ4n) is 8.32. The van der Waals surface area contributed by atoms with E-state index in [2.05, 4.69) is 24.8 Å². The SMILES string of the molecule is CS(=O)(=O)NC1=CC2C=CC=CC2C(c2c(Cl)cc3c(N4CC5CCC(C4)N5)nc(OCCCN4C5CCC4COC5)nc3c2F)=C1. The van der Waals surface area contributed by atoms with Crippen LogP contribution in [-0.4, -0.2) is 93.2 Å². The normalized spacial score (nSPS) is 30.0. The van der Waals surface area contributed by atoms with Crippen molar-refractivity contribution in [3.05, 3.63) is 64.6 Å². The number of sulfonamides is 1. The third-order valence-corrected chi connectivity index (χ3v) is 11.3. The fourth-order valence-corrected chi connectivity index (χ4v) is 9.18. The van der Waals surface area contributed by atoms with Gasteiger partial charge in [0, 0.05) is 72.3 Å². The minimum atomic E-state index is -3.56. The van der Waals surface area contributed by atoms with E-state index >= 15 is 4.39 Å². The van der Waals surface area contributed by atoms with Gasteiger partial charge in [0.15, 0.2) is 5.82 Å². The number of halogens is 2. The second-order valence-corrected chi connectivity index (χ2v) is 15.8. The highest BCUT2D eigenvalue weighted by Crippen LogP contribution is 2.45. The van der Waals surface area contributed by atoms with Gasteiger partial charge in [-0.05, 0) is 49.8 Å². The van der Waals surface area contributed by atoms with Gasteiger partial charge in [-0.25, -0.2) is 12.8 Å². The van der Waals surface area contributed by atoms with Crippen LogP contribution >= 0.6 is 11.6 Å². The molecule has 4 fully saturated rings. The van der Waals surface area contributed by atoms with E-state index in [1.54, 1.807) is 12.1 Å². The Morgan fingerprint density at radius 1 is 1.11 bits per heavy atom. The quantitative estimate of drug-likeness (QED) is 0.377. The number of aromatic nitrogens is 2. The van der Waals surface area contributed by atoms with Gasteiger partial charge >= 0.3 is 6.01 Å². The van der Waals surface area contributed by atoms with Gasteiger partial charge in [0.1, 0.15) is 11.3 Å². The molecule has 4 aliphatic heterocycles. The van der Waals surface area contributed by atoms with E-state index in [-0.39, 0.29) is 33.9 Å². The van der Waals surface area contributed by atoms with Crippen LogP contribution in [0, 0.1) is 17.7 Å². The third-order valence-electron chi connectivity index (χ3n) is 10.4. The second kappa shape index (κ2) is 12.5. The van der Waals surface area contributed by atoms with Crippen molar-refractivity contribution in [1.82, 2.24) is 24.9 Å². The number of hydrogen-bond acceptors (Lipinski definition) is 9. The molecule has 1 aromatic heterocycles. The largest absolute Gasteiger partial charge is 0.463 e. The van der Waals surface area contributed by atoms with Crippen LogP contribution < -0.4 is 19.7 Å². The molecule has 6 unspecified atom stereocenters. The number of piperazine rings is 1. The van der Waals surface area contributed by atoms with Gasteiger partial charge in [0.05, 0.1) is 31.1 Å². The summed E-state index contributed by atoms with van der Waals surface area (Å²) >= 11 is 6.97. The van der Waals surface area contributed by atoms with Crippen LogP contribution in [-0.2, 0) is 14.8 Å². The first-order valence-corrected chi connectivity index (χ1v) is 18.9. The summed E-state index contributed by atoms with van der Waals surface area (Å²) in [5.41, 5.74) is 1.29. The van der Waals surface area contributed by atoms with Crippen LogP contribution in [0.25, 0.3) is 16.5 Å². The van der Waals surface area contributed by atoms with Crippen LogP contribution in [0.1, 0.15) is 37.7 Å². The number of benzene rings is 1. The lowest BCUT2D eigenvalue weighted by atomic mass is 9.76. The highest BCUT2D eigenvalue weighted by atomic mass is 35.5. The molecule has 6 aliphatic rings. The number of rotatable bonds is 9. The molecule has 0 radical (unpaired) electrons. The summed E-state index contributed by atoms with van der Waals surface area (Å²) in [6.45, 7) is 4.40. The Morgan fingerprint density at radius 2 is 1.85 bits per heavy atom. The standard InChI is InChI=1S/C34H40ClFN6O4S/c1-47(43,44)40-23-13-20-5-2-3-6-26(20)27(14-23)30-29(35)15-28-32(31(30)36)38-34(39-33(28)41-16-21-7-8-22(17-41)37-21)46-12-4-11-42-24-9-10-25(42)19-45-18-24/h2-3,5-6,13-15,20-22,24-26,37,40H,4,7-12,16-19H2,1H3. The monoisotopic (exact) mass is 682 g/mol. The molecule has 5 heterocycles. The van der Waals surface area contributed by atoms with Crippen LogP contribution in [0.5, 0.6) is 6.01 Å². The van der Waals surface area contributed by atoms with Crippen LogP contribution in [0.4, 0.5) is 10.2 Å². The molecule has 4 bridgehead atoms. The van der Waals surface area contributed by atoms with Crippen LogP contribution in [0.2, 0.25) is 5.02 Å². The van der Waals surface area contributed by atoms with E-state index in [0.717, 1.165) is 58.4 Å². The molecule has 47 heavy (non-hydrogen) atoms. The van der Waals surface area contributed by atoms with Crippen molar-refractivity contribution in [3.8, 4) is 6.01 Å². The van der Waals surface area contributed by atoms with Gasteiger partial charge in [-0.3, -0.25) is 9.62 Å². The zero-order valence-corrected chi connectivity index (χ0v) is 27.9. The molecule has 13 heteroatoms. The lowest BCUT2D eigenvalue weighted by molar-refractivity contribution is -0.0161. The number of nitrogens with one attached hydrogen (secondary N) is 2. The van der Waals surface area contributed by atoms with Gasteiger partial charge in [0.25, 0.3) is 0 Å². The highest BCUT2D eigenvalue weighted by molar-refractivity contribution is 7.88. The van der Waals surface area contributed by atoms with E-state index in [1.807, 2.05) is 30.4 Å². The summed E-state index contributed by atoms with van der Waals surface area (Å²) < 4.78 is 55.8. The minimum Gasteiger partial charge on any atom is -0.463 e. The maximum Gasteiger partial charge on any atom is 0.319 e. The summed E-state index contributed by atoms with van der Waals surface area (Å²) in [4.78, 5) is 14.3. The van der Waals surface area contributed by atoms with E-state index < -0.39 is 15.8 Å². The lowest BCUT2D eigenvalue weighted by Gasteiger charge is -2.35. The number of hydrogen-bond donors (Lipinski definition) is 2. The van der Waals surface area contributed by atoms with Crippen molar-refractivity contribution in [2.45, 2.75) is 56.3 Å². The average Bonchev–Trinajstić information content (AvgIpc) is 3.48. The number of ether oxygens (including phenoxy) is 2. The first kappa shape index (κ1) is 31.3. The molecule has 2 aromatic rings. The Bertz CT molecular complexity index is 1790. The van der Waals surface area contributed by atoms with Crippen molar-refractivity contribution in [2.75, 3.05) is 50.6 Å². The van der Waals surface area contributed by atoms with Crippen LogP contribution in [0.15, 0.2) is 48.2 Å². The molecule has 2 N–H and O–H groups in total. The number of anilines is 1. The first-order valence-electron chi connectivity index (χ1n) is 16.6. The van der Waals surface area contributed by atoms with Gasteiger partial charge in [-0.15, -0.1) is 0 Å². The Kier molecular flexibility index (Phi) is 8.28. The molecule has 0 amide bonds. The predicted octanol–water partition coefficient (Wildman–Crippen LogP) is 4.18. The molecular formula is C34H40ClFN6O4S. The molecule has 0 spiro atoms. The van der Waals surface area contributed by atoms with E-state index in [1.165, 1.54) is 12.8 Å². The van der Waals surface area contributed by atoms with Crippen molar-refractivity contribution in [1.29, 1.82) is 0 Å². The Labute approximate surface area is 279 Å². The Morgan fingerprint density at radius 3 is 2.60 bits per heavy atom. The molecule has 0 saturated carbocycles. The molecule has 8 rings (SSSR count). The molecule has 2 aliphatic carbocycles. The van der Waals surface area contributed by atoms with E-state index in [9.17, 15) is 8.42 Å². The number of nitrogens with zero attached hydrogens (tertiary/aromatic N) is 4. The van der Waals surface area contributed by atoms with E-state index in [4.69, 9.17) is 26.1 Å². The second-order valence-electron chi connectivity index (χ2n) is 13.6. The summed E-state index contributed by atoms with van der Waals surface area (Å²) in [6.07, 6.45) is 17.7. The Balaban J connectivity index is 1.15. The minimum absolute atomic E-state index is 0.140. The molecule has 1 aromatic carbocycles.